The highest BCUT2D eigenvalue weighted by Gasteiger charge is 2.19. The smallest absolute Gasteiger partial charge is 0.138 e. The van der Waals surface area contributed by atoms with Crippen LogP contribution in [-0.4, -0.2) is 30.9 Å². The molecule has 0 saturated heterocycles. The summed E-state index contributed by atoms with van der Waals surface area (Å²) in [4.78, 5) is 6.09. The molecule has 3 nitrogen and oxygen atoms in total. The Labute approximate surface area is 93.9 Å². The maximum Gasteiger partial charge on any atom is 0.138 e. The molecule has 0 spiro atoms. The van der Waals surface area contributed by atoms with Crippen LogP contribution < -0.4 is 4.74 Å². The predicted octanol–water partition coefficient (Wildman–Crippen LogP) is 2.04. The quantitative estimate of drug-likeness (QED) is 0.723. The van der Waals surface area contributed by atoms with Crippen LogP contribution >= 0.6 is 0 Å². The maximum absolute atomic E-state index is 13.1. The summed E-state index contributed by atoms with van der Waals surface area (Å²) >= 11 is 0. The first-order valence-corrected chi connectivity index (χ1v) is 5.05. The highest BCUT2D eigenvalue weighted by atomic mass is 19.1. The van der Waals surface area contributed by atoms with Gasteiger partial charge >= 0.3 is 0 Å². The molecule has 1 aromatic carbocycles. The third-order valence-corrected chi connectivity index (χ3v) is 2.48. The first kappa shape index (κ1) is 10.7. The lowest BCUT2D eigenvalue weighted by Gasteiger charge is -2.18. The van der Waals surface area contributed by atoms with Gasteiger partial charge in [0.05, 0.1) is 12.1 Å². The molecule has 0 amide bonds. The van der Waals surface area contributed by atoms with Crippen LogP contribution in [0.4, 0.5) is 4.39 Å². The molecule has 0 bridgehead atoms. The molecule has 0 fully saturated rings. The Hall–Kier alpha value is -1.84. The summed E-state index contributed by atoms with van der Waals surface area (Å²) in [5.74, 6) is 0.980. The summed E-state index contributed by atoms with van der Waals surface area (Å²) in [6.07, 6.45) is 1.70. The first-order chi connectivity index (χ1) is 7.76. The number of fused-ring (bicyclic) bond motifs is 1. The Bertz CT molecular complexity index is 443. The van der Waals surface area contributed by atoms with Crippen molar-refractivity contribution in [3.63, 3.8) is 0 Å². The number of amidine groups is 1. The molecule has 16 heavy (non-hydrogen) atoms. The Morgan fingerprint density at radius 3 is 3.06 bits per heavy atom. The van der Waals surface area contributed by atoms with Gasteiger partial charge in [0, 0.05) is 13.1 Å². The largest absolute Gasteiger partial charge is 0.491 e. The standard InChI is InChI=1S/C12H13FN2O/c1-3-15-6-7-16-11-8-9(13)4-5-10(11)12(15)14-2/h3-5,8H,1,6-7H2,2H3. The molecule has 0 aromatic heterocycles. The average molecular weight is 220 g/mol. The lowest BCUT2D eigenvalue weighted by Crippen LogP contribution is -2.27. The Balaban J connectivity index is 2.53. The van der Waals surface area contributed by atoms with Gasteiger partial charge in [0.2, 0.25) is 0 Å². The van der Waals surface area contributed by atoms with E-state index in [1.54, 1.807) is 19.3 Å². The van der Waals surface area contributed by atoms with Crippen molar-refractivity contribution in [3.05, 3.63) is 42.4 Å². The van der Waals surface area contributed by atoms with E-state index in [0.717, 1.165) is 11.4 Å². The molecule has 0 aliphatic carbocycles. The third kappa shape index (κ3) is 1.78. The number of hydrogen-bond acceptors (Lipinski definition) is 2. The zero-order valence-corrected chi connectivity index (χ0v) is 9.11. The number of rotatable bonds is 1. The van der Waals surface area contributed by atoms with Gasteiger partial charge in [0.15, 0.2) is 0 Å². The van der Waals surface area contributed by atoms with Gasteiger partial charge in [-0.05, 0) is 18.3 Å². The van der Waals surface area contributed by atoms with Crippen LogP contribution in [0.3, 0.4) is 0 Å². The fourth-order valence-electron chi connectivity index (χ4n) is 1.74. The van der Waals surface area contributed by atoms with Crippen molar-refractivity contribution >= 4 is 5.84 Å². The van der Waals surface area contributed by atoms with Crippen LogP contribution in [-0.2, 0) is 0 Å². The fraction of sp³-hybridized carbons (Fsp3) is 0.250. The summed E-state index contributed by atoms with van der Waals surface area (Å²) in [7, 11) is 1.70. The second-order valence-corrected chi connectivity index (χ2v) is 3.41. The third-order valence-electron chi connectivity index (χ3n) is 2.48. The van der Waals surface area contributed by atoms with Gasteiger partial charge in [0.25, 0.3) is 0 Å². The molecule has 1 aromatic rings. The van der Waals surface area contributed by atoms with Gasteiger partial charge in [-0.2, -0.15) is 0 Å². The van der Waals surface area contributed by atoms with E-state index < -0.39 is 0 Å². The van der Waals surface area contributed by atoms with Crippen LogP contribution in [0.2, 0.25) is 0 Å². The average Bonchev–Trinajstić information content (AvgIpc) is 2.46. The molecule has 0 unspecified atom stereocenters. The molecule has 84 valence electrons. The van der Waals surface area contributed by atoms with Crippen molar-refractivity contribution in [2.24, 2.45) is 4.99 Å². The molecular weight excluding hydrogens is 207 g/mol. The number of ether oxygens (including phenoxy) is 1. The van der Waals surface area contributed by atoms with Crippen LogP contribution in [0.25, 0.3) is 0 Å². The number of aliphatic imine (C=N–C) groups is 1. The molecule has 0 radical (unpaired) electrons. The van der Waals surface area contributed by atoms with Crippen molar-refractivity contribution in [1.29, 1.82) is 0 Å². The zero-order chi connectivity index (χ0) is 11.5. The number of benzene rings is 1. The lowest BCUT2D eigenvalue weighted by atomic mass is 10.1. The zero-order valence-electron chi connectivity index (χ0n) is 9.11. The Morgan fingerprint density at radius 2 is 2.38 bits per heavy atom. The minimum absolute atomic E-state index is 0.304. The Morgan fingerprint density at radius 1 is 1.56 bits per heavy atom. The van der Waals surface area contributed by atoms with Crippen LogP contribution in [0.15, 0.2) is 36.0 Å². The molecule has 0 atom stereocenters. The van der Waals surface area contributed by atoms with Gasteiger partial charge in [-0.3, -0.25) is 4.99 Å². The number of hydrogen-bond donors (Lipinski definition) is 0. The summed E-state index contributed by atoms with van der Waals surface area (Å²) in [5, 5.41) is 0. The summed E-state index contributed by atoms with van der Waals surface area (Å²) < 4.78 is 18.6. The van der Waals surface area contributed by atoms with Crippen molar-refractivity contribution < 1.29 is 9.13 Å². The lowest BCUT2D eigenvalue weighted by molar-refractivity contribution is 0.300. The van der Waals surface area contributed by atoms with E-state index in [2.05, 4.69) is 11.6 Å². The van der Waals surface area contributed by atoms with Gasteiger partial charge in [-0.15, -0.1) is 0 Å². The van der Waals surface area contributed by atoms with Gasteiger partial charge in [-0.1, -0.05) is 6.58 Å². The number of halogens is 1. The molecular formula is C12H13FN2O. The van der Waals surface area contributed by atoms with E-state index in [1.807, 2.05) is 4.90 Å². The van der Waals surface area contributed by atoms with E-state index in [0.29, 0.717) is 18.9 Å². The van der Waals surface area contributed by atoms with Crippen LogP contribution in [0.5, 0.6) is 5.75 Å². The monoisotopic (exact) mass is 220 g/mol. The SMILES string of the molecule is C=CN1CCOc2cc(F)ccc2C1=NC. The first-order valence-electron chi connectivity index (χ1n) is 5.05. The van der Waals surface area contributed by atoms with Crippen molar-refractivity contribution in [3.8, 4) is 5.75 Å². The van der Waals surface area contributed by atoms with Crippen molar-refractivity contribution in [2.45, 2.75) is 0 Å². The van der Waals surface area contributed by atoms with E-state index >= 15 is 0 Å². The highest BCUT2D eigenvalue weighted by molar-refractivity contribution is 6.01. The minimum Gasteiger partial charge on any atom is -0.491 e. The van der Waals surface area contributed by atoms with Gasteiger partial charge < -0.3 is 9.64 Å². The molecule has 0 N–H and O–H groups in total. The molecule has 1 aliphatic rings. The summed E-state index contributed by atoms with van der Waals surface area (Å²) in [6.45, 7) is 4.88. The predicted molar refractivity (Wildman–Crippen MR) is 61.3 cm³/mol. The normalized spacial score (nSPS) is 17.6. The minimum atomic E-state index is -0.304. The molecule has 4 heteroatoms. The summed E-state index contributed by atoms with van der Waals surface area (Å²) in [5.41, 5.74) is 0.793. The van der Waals surface area contributed by atoms with Gasteiger partial charge in [-0.25, -0.2) is 4.39 Å². The molecule has 1 heterocycles. The molecule has 1 aliphatic heterocycles. The van der Waals surface area contributed by atoms with Crippen LogP contribution in [0, 0.1) is 5.82 Å². The maximum atomic E-state index is 13.1. The van der Waals surface area contributed by atoms with E-state index in [4.69, 9.17) is 4.74 Å². The second-order valence-electron chi connectivity index (χ2n) is 3.41. The molecule has 2 rings (SSSR count). The second kappa shape index (κ2) is 4.35. The van der Waals surface area contributed by atoms with E-state index in [1.165, 1.54) is 12.1 Å². The van der Waals surface area contributed by atoms with E-state index in [9.17, 15) is 4.39 Å². The molecule has 0 saturated carbocycles. The van der Waals surface area contributed by atoms with Crippen LogP contribution in [0.1, 0.15) is 5.56 Å². The Kier molecular flexibility index (Phi) is 2.90. The topological polar surface area (TPSA) is 24.8 Å². The number of nitrogens with zero attached hydrogens (tertiary/aromatic N) is 2. The highest BCUT2D eigenvalue weighted by Crippen LogP contribution is 2.24. The van der Waals surface area contributed by atoms with Crippen molar-refractivity contribution in [2.75, 3.05) is 20.2 Å². The van der Waals surface area contributed by atoms with Crippen molar-refractivity contribution in [1.82, 2.24) is 4.90 Å². The fourth-order valence-corrected chi connectivity index (χ4v) is 1.74. The van der Waals surface area contributed by atoms with E-state index in [-0.39, 0.29) is 5.82 Å². The summed E-state index contributed by atoms with van der Waals surface area (Å²) in [6, 6.07) is 4.46. The van der Waals surface area contributed by atoms with Gasteiger partial charge in [0.1, 0.15) is 24.0 Å².